The van der Waals surface area contributed by atoms with E-state index in [1.54, 1.807) is 0 Å². The topological polar surface area (TPSA) is 35.5 Å². The average Bonchev–Trinajstić information content (AvgIpc) is 2.76. The van der Waals surface area contributed by atoms with Crippen molar-refractivity contribution in [2.75, 3.05) is 12.8 Å². The van der Waals surface area contributed by atoms with Crippen LogP contribution >= 0.6 is 7.60 Å². The number of hydrogen-bond acceptors (Lipinski definition) is 3. The lowest BCUT2D eigenvalue weighted by molar-refractivity contribution is 0.257. The molecule has 0 N–H and O–H groups in total. The molecule has 4 heteroatoms. The zero-order valence-electron chi connectivity index (χ0n) is 19.8. The van der Waals surface area contributed by atoms with Crippen LogP contribution in [0.3, 0.4) is 0 Å². The SMILES string of the molecule is CCCCCCCCCCCCCCCCOP(=O)(CCCC)Oc1ccccc1. The Balaban J connectivity index is 2.02. The molecule has 0 spiro atoms. The minimum Gasteiger partial charge on any atom is -0.424 e. The molecule has 0 aliphatic heterocycles. The minimum atomic E-state index is -3.04. The van der Waals surface area contributed by atoms with Crippen LogP contribution in [0.4, 0.5) is 0 Å². The van der Waals surface area contributed by atoms with Crippen molar-refractivity contribution in [2.45, 2.75) is 117 Å². The first-order chi connectivity index (χ1) is 14.7. The summed E-state index contributed by atoms with van der Waals surface area (Å²) in [5.41, 5.74) is 0. The fourth-order valence-electron chi connectivity index (χ4n) is 3.63. The molecule has 3 nitrogen and oxygen atoms in total. The maximum atomic E-state index is 13.0. The van der Waals surface area contributed by atoms with Gasteiger partial charge in [0.25, 0.3) is 0 Å². The standard InChI is InChI=1S/C26H47O3P/c1-3-5-7-8-9-10-11-12-13-14-15-16-17-21-24-28-30(27,25-6-4-2)29-26-22-19-18-20-23-26/h18-20,22-23H,3-17,21,24-25H2,1-2H3. The van der Waals surface area contributed by atoms with Gasteiger partial charge in [0.15, 0.2) is 0 Å². The second kappa shape index (κ2) is 18.9. The number of hydrogen-bond donors (Lipinski definition) is 0. The smallest absolute Gasteiger partial charge is 0.379 e. The van der Waals surface area contributed by atoms with Gasteiger partial charge in [-0.1, -0.05) is 122 Å². The molecule has 0 bridgehead atoms. The Hall–Kier alpha value is -0.790. The van der Waals surface area contributed by atoms with Gasteiger partial charge < -0.3 is 4.52 Å². The molecule has 0 heterocycles. The molecule has 0 aromatic heterocycles. The molecule has 0 aliphatic rings. The van der Waals surface area contributed by atoms with E-state index in [0.29, 0.717) is 18.5 Å². The van der Waals surface area contributed by atoms with E-state index in [0.717, 1.165) is 25.7 Å². The van der Waals surface area contributed by atoms with E-state index in [1.165, 1.54) is 77.0 Å². The van der Waals surface area contributed by atoms with Crippen LogP contribution in [0.15, 0.2) is 30.3 Å². The molecule has 1 atom stereocenters. The van der Waals surface area contributed by atoms with Gasteiger partial charge >= 0.3 is 7.60 Å². The van der Waals surface area contributed by atoms with Gasteiger partial charge in [0.2, 0.25) is 0 Å². The maximum Gasteiger partial charge on any atom is 0.379 e. The number of benzene rings is 1. The molecular formula is C26H47O3P. The summed E-state index contributed by atoms with van der Waals surface area (Å²) in [6.45, 7) is 4.91. The molecule has 0 aliphatic carbocycles. The maximum absolute atomic E-state index is 13.0. The molecule has 0 fully saturated rings. The molecule has 1 rings (SSSR count). The third-order valence-corrected chi connectivity index (χ3v) is 7.49. The van der Waals surface area contributed by atoms with Crippen LogP contribution in [-0.4, -0.2) is 12.8 Å². The number of unbranched alkanes of at least 4 members (excludes halogenated alkanes) is 14. The van der Waals surface area contributed by atoms with Crippen molar-refractivity contribution in [3.63, 3.8) is 0 Å². The highest BCUT2D eigenvalue weighted by molar-refractivity contribution is 7.54. The second-order valence-corrected chi connectivity index (χ2v) is 10.6. The molecule has 0 amide bonds. The zero-order chi connectivity index (χ0) is 21.8. The molecule has 0 saturated heterocycles. The van der Waals surface area contributed by atoms with Crippen molar-refractivity contribution in [3.05, 3.63) is 30.3 Å². The van der Waals surface area contributed by atoms with E-state index in [9.17, 15) is 4.57 Å². The molecule has 1 aromatic carbocycles. The normalized spacial score (nSPS) is 13.3. The van der Waals surface area contributed by atoms with Crippen LogP contribution < -0.4 is 4.52 Å². The number of rotatable bonds is 21. The van der Waals surface area contributed by atoms with Crippen LogP contribution in [0.2, 0.25) is 0 Å². The van der Waals surface area contributed by atoms with E-state index in [2.05, 4.69) is 13.8 Å². The van der Waals surface area contributed by atoms with Gasteiger partial charge in [0, 0.05) is 0 Å². The van der Waals surface area contributed by atoms with Gasteiger partial charge in [-0.05, 0) is 25.0 Å². The number of para-hydroxylation sites is 1. The Labute approximate surface area is 186 Å². The Morgan fingerprint density at radius 3 is 1.60 bits per heavy atom. The summed E-state index contributed by atoms with van der Waals surface area (Å²) in [4.78, 5) is 0. The summed E-state index contributed by atoms with van der Waals surface area (Å²) in [7, 11) is -3.04. The summed E-state index contributed by atoms with van der Waals surface area (Å²) in [5.74, 6) is 0.637. The van der Waals surface area contributed by atoms with E-state index in [-0.39, 0.29) is 0 Å². The first-order valence-electron chi connectivity index (χ1n) is 12.7. The van der Waals surface area contributed by atoms with E-state index in [4.69, 9.17) is 9.05 Å². The highest BCUT2D eigenvalue weighted by atomic mass is 31.2. The molecule has 174 valence electrons. The predicted octanol–water partition coefficient (Wildman–Crippen LogP) is 9.56. The summed E-state index contributed by atoms with van der Waals surface area (Å²) >= 11 is 0. The van der Waals surface area contributed by atoms with Crippen molar-refractivity contribution in [2.24, 2.45) is 0 Å². The molecule has 0 saturated carbocycles. The third kappa shape index (κ3) is 15.1. The van der Waals surface area contributed by atoms with Crippen molar-refractivity contribution in [3.8, 4) is 5.75 Å². The van der Waals surface area contributed by atoms with Gasteiger partial charge in [-0.3, -0.25) is 4.52 Å². The Morgan fingerprint density at radius 1 is 0.633 bits per heavy atom. The van der Waals surface area contributed by atoms with Crippen LogP contribution in [-0.2, 0) is 9.09 Å². The van der Waals surface area contributed by atoms with Gasteiger partial charge in [-0.25, -0.2) is 4.57 Å². The average molecular weight is 439 g/mol. The van der Waals surface area contributed by atoms with Crippen molar-refractivity contribution < 1.29 is 13.6 Å². The lowest BCUT2D eigenvalue weighted by atomic mass is 10.0. The molecule has 1 unspecified atom stereocenters. The zero-order valence-corrected chi connectivity index (χ0v) is 20.7. The van der Waals surface area contributed by atoms with Gasteiger partial charge in [-0.2, -0.15) is 0 Å². The largest absolute Gasteiger partial charge is 0.424 e. The fraction of sp³-hybridized carbons (Fsp3) is 0.769. The Morgan fingerprint density at radius 2 is 1.10 bits per heavy atom. The Kier molecular flexibility index (Phi) is 17.2. The predicted molar refractivity (Wildman–Crippen MR) is 131 cm³/mol. The summed E-state index contributed by atoms with van der Waals surface area (Å²) in [6.07, 6.45) is 21.0. The highest BCUT2D eigenvalue weighted by Crippen LogP contribution is 2.49. The first-order valence-corrected chi connectivity index (χ1v) is 14.4. The molecule has 1 aromatic rings. The highest BCUT2D eigenvalue weighted by Gasteiger charge is 2.25. The van der Waals surface area contributed by atoms with Crippen LogP contribution in [0.5, 0.6) is 5.75 Å². The van der Waals surface area contributed by atoms with Crippen LogP contribution in [0, 0.1) is 0 Å². The minimum absolute atomic E-state index is 0.497. The fourth-order valence-corrected chi connectivity index (χ4v) is 5.46. The van der Waals surface area contributed by atoms with E-state index < -0.39 is 7.60 Å². The molecule has 0 radical (unpaired) electrons. The van der Waals surface area contributed by atoms with Crippen molar-refractivity contribution in [1.29, 1.82) is 0 Å². The Bertz CT molecular complexity index is 532. The lowest BCUT2D eigenvalue weighted by Gasteiger charge is -2.19. The van der Waals surface area contributed by atoms with Gasteiger partial charge in [-0.15, -0.1) is 0 Å². The molecule has 30 heavy (non-hydrogen) atoms. The van der Waals surface area contributed by atoms with Crippen LogP contribution in [0.1, 0.15) is 117 Å². The second-order valence-electron chi connectivity index (χ2n) is 8.52. The third-order valence-electron chi connectivity index (χ3n) is 5.56. The summed E-state index contributed by atoms with van der Waals surface area (Å²) < 4.78 is 24.6. The van der Waals surface area contributed by atoms with Gasteiger partial charge in [0.1, 0.15) is 5.75 Å². The van der Waals surface area contributed by atoms with E-state index in [1.807, 2.05) is 30.3 Å². The van der Waals surface area contributed by atoms with E-state index >= 15 is 0 Å². The molecular weight excluding hydrogens is 391 g/mol. The van der Waals surface area contributed by atoms with Crippen molar-refractivity contribution >= 4 is 7.60 Å². The quantitative estimate of drug-likeness (QED) is 0.142. The summed E-state index contributed by atoms with van der Waals surface area (Å²) in [6, 6.07) is 9.41. The first kappa shape index (κ1) is 27.2. The van der Waals surface area contributed by atoms with Crippen molar-refractivity contribution in [1.82, 2.24) is 0 Å². The van der Waals surface area contributed by atoms with Crippen LogP contribution in [0.25, 0.3) is 0 Å². The van der Waals surface area contributed by atoms with Gasteiger partial charge in [0.05, 0.1) is 12.8 Å². The monoisotopic (exact) mass is 438 g/mol. The lowest BCUT2D eigenvalue weighted by Crippen LogP contribution is -2.04. The summed E-state index contributed by atoms with van der Waals surface area (Å²) in [5, 5.41) is 0.